The van der Waals surface area contributed by atoms with Crippen LogP contribution in [0.5, 0.6) is 0 Å². The minimum Gasteiger partial charge on any atom is -0.309 e. The third-order valence-electron chi connectivity index (χ3n) is 2.73. The molecule has 0 aliphatic carbocycles. The first-order chi connectivity index (χ1) is 6.68. The highest BCUT2D eigenvalue weighted by atomic mass is 32.2. The van der Waals surface area contributed by atoms with Gasteiger partial charge in [-0.2, -0.15) is 0 Å². The third-order valence-corrected chi connectivity index (χ3v) is 3.30. The van der Waals surface area contributed by atoms with Crippen LogP contribution < -0.4 is 5.32 Å². The van der Waals surface area contributed by atoms with Crippen molar-refractivity contribution in [1.29, 1.82) is 0 Å². The van der Waals surface area contributed by atoms with Crippen molar-refractivity contribution in [2.45, 2.75) is 56.3 Å². The van der Waals surface area contributed by atoms with E-state index in [0.29, 0.717) is 6.04 Å². The monoisotopic (exact) mass is 248 g/mol. The predicted molar refractivity (Wildman–Crippen MR) is 73.9 cm³/mol. The third kappa shape index (κ3) is 4.98. The minimum atomic E-state index is -0.271. The molecule has 1 aliphatic rings. The van der Waals surface area contributed by atoms with E-state index in [1.54, 1.807) is 0 Å². The van der Waals surface area contributed by atoms with Gasteiger partial charge in [-0.3, -0.25) is 4.90 Å². The number of thiol groups is 2. The van der Waals surface area contributed by atoms with Gasteiger partial charge in [0.2, 0.25) is 0 Å². The molecule has 0 aromatic heterocycles. The van der Waals surface area contributed by atoms with E-state index in [0.717, 1.165) is 13.1 Å². The van der Waals surface area contributed by atoms with Crippen molar-refractivity contribution in [2.24, 2.45) is 0 Å². The van der Waals surface area contributed by atoms with Gasteiger partial charge in [-0.25, -0.2) is 0 Å². The molecule has 1 N–H and O–H groups in total. The van der Waals surface area contributed by atoms with E-state index in [1.807, 2.05) is 6.92 Å². The molecule has 4 heteroatoms. The van der Waals surface area contributed by atoms with Gasteiger partial charge in [-0.05, 0) is 40.5 Å². The van der Waals surface area contributed by atoms with E-state index in [2.05, 4.69) is 56.2 Å². The predicted octanol–water partition coefficient (Wildman–Crippen LogP) is 2.37. The fraction of sp³-hybridized carbons (Fsp3) is 1.00. The SMILES string of the molecule is CC(C)(C)NC1CCN(C(C)(S)S)CC1. The lowest BCUT2D eigenvalue weighted by Gasteiger charge is -2.41. The maximum absolute atomic E-state index is 4.48. The molecular weight excluding hydrogens is 224 g/mol. The summed E-state index contributed by atoms with van der Waals surface area (Å²) >= 11 is 8.97. The fourth-order valence-corrected chi connectivity index (χ4v) is 2.46. The van der Waals surface area contributed by atoms with Crippen LogP contribution in [0.25, 0.3) is 0 Å². The molecule has 0 unspecified atom stereocenters. The first-order valence-electron chi connectivity index (χ1n) is 5.66. The number of rotatable bonds is 2. The molecule has 0 bridgehead atoms. The summed E-state index contributed by atoms with van der Waals surface area (Å²) < 4.78 is -0.271. The van der Waals surface area contributed by atoms with Crippen LogP contribution in [0, 0.1) is 0 Å². The Bertz CT molecular complexity index is 198. The minimum absolute atomic E-state index is 0.220. The van der Waals surface area contributed by atoms with Gasteiger partial charge in [0.15, 0.2) is 0 Å². The highest BCUT2D eigenvalue weighted by molar-refractivity contribution is 8.00. The summed E-state index contributed by atoms with van der Waals surface area (Å²) in [5.74, 6) is 0. The highest BCUT2D eigenvalue weighted by Crippen LogP contribution is 2.27. The Labute approximate surface area is 105 Å². The lowest BCUT2D eigenvalue weighted by molar-refractivity contribution is 0.166. The Balaban J connectivity index is 2.37. The van der Waals surface area contributed by atoms with Crippen molar-refractivity contribution in [3.05, 3.63) is 0 Å². The second-order valence-electron chi connectivity index (χ2n) is 5.63. The number of piperidine rings is 1. The van der Waals surface area contributed by atoms with Gasteiger partial charge in [0, 0.05) is 24.7 Å². The van der Waals surface area contributed by atoms with Crippen molar-refractivity contribution in [3.63, 3.8) is 0 Å². The average Bonchev–Trinajstić information content (AvgIpc) is 2.00. The first kappa shape index (κ1) is 13.7. The van der Waals surface area contributed by atoms with Gasteiger partial charge in [-0.15, -0.1) is 25.3 Å². The van der Waals surface area contributed by atoms with Crippen LogP contribution >= 0.6 is 25.3 Å². The average molecular weight is 248 g/mol. The Kier molecular flexibility index (Phi) is 4.43. The molecule has 0 radical (unpaired) electrons. The van der Waals surface area contributed by atoms with Gasteiger partial charge in [0.25, 0.3) is 0 Å². The standard InChI is InChI=1S/C11H24N2S2/c1-10(2,3)12-9-5-7-13(8-6-9)11(4,14)15/h9,12,14-15H,5-8H2,1-4H3. The number of hydrogen-bond acceptors (Lipinski definition) is 4. The first-order valence-corrected chi connectivity index (χ1v) is 6.55. The lowest BCUT2D eigenvalue weighted by Crippen LogP contribution is -2.52. The van der Waals surface area contributed by atoms with Crippen molar-refractivity contribution in [3.8, 4) is 0 Å². The van der Waals surface area contributed by atoms with Gasteiger partial charge in [-0.1, -0.05) is 0 Å². The van der Waals surface area contributed by atoms with Crippen LogP contribution in [0.15, 0.2) is 0 Å². The Hall–Kier alpha value is 0.620. The largest absolute Gasteiger partial charge is 0.309 e. The normalized spacial score (nSPS) is 22.0. The molecule has 1 heterocycles. The summed E-state index contributed by atoms with van der Waals surface area (Å²) in [4.78, 5) is 2.32. The lowest BCUT2D eigenvalue weighted by atomic mass is 10.00. The fourth-order valence-electron chi connectivity index (χ4n) is 2.06. The van der Waals surface area contributed by atoms with E-state index in [1.165, 1.54) is 12.8 Å². The summed E-state index contributed by atoms with van der Waals surface area (Å²) in [5.41, 5.74) is 0.220. The van der Waals surface area contributed by atoms with E-state index in [9.17, 15) is 0 Å². The van der Waals surface area contributed by atoms with Crippen LogP contribution in [0.2, 0.25) is 0 Å². The molecule has 1 aliphatic heterocycles. The van der Waals surface area contributed by atoms with E-state index in [-0.39, 0.29) is 9.74 Å². The van der Waals surface area contributed by atoms with Gasteiger partial charge in [0.1, 0.15) is 4.20 Å². The number of nitrogens with zero attached hydrogens (tertiary/aromatic N) is 1. The van der Waals surface area contributed by atoms with Crippen molar-refractivity contribution in [2.75, 3.05) is 13.1 Å². The van der Waals surface area contributed by atoms with Crippen LogP contribution in [-0.4, -0.2) is 33.8 Å². The summed E-state index contributed by atoms with van der Waals surface area (Å²) in [7, 11) is 0. The number of nitrogens with one attached hydrogen (secondary N) is 1. The molecule has 1 rings (SSSR count). The van der Waals surface area contributed by atoms with E-state index in [4.69, 9.17) is 0 Å². The second-order valence-corrected chi connectivity index (χ2v) is 7.72. The smallest absolute Gasteiger partial charge is 0.105 e. The Morgan fingerprint density at radius 2 is 1.53 bits per heavy atom. The van der Waals surface area contributed by atoms with Crippen molar-refractivity contribution in [1.82, 2.24) is 10.2 Å². The highest BCUT2D eigenvalue weighted by Gasteiger charge is 2.29. The number of likely N-dealkylation sites (tertiary alicyclic amines) is 1. The van der Waals surface area contributed by atoms with E-state index >= 15 is 0 Å². The topological polar surface area (TPSA) is 15.3 Å². The second kappa shape index (κ2) is 4.86. The summed E-state index contributed by atoms with van der Waals surface area (Å²) in [5, 5.41) is 3.65. The molecule has 90 valence electrons. The van der Waals surface area contributed by atoms with E-state index < -0.39 is 0 Å². The molecule has 1 fully saturated rings. The maximum atomic E-state index is 4.48. The van der Waals surface area contributed by atoms with Crippen LogP contribution in [-0.2, 0) is 0 Å². The van der Waals surface area contributed by atoms with Gasteiger partial charge < -0.3 is 5.32 Å². The molecule has 0 atom stereocenters. The van der Waals surface area contributed by atoms with Gasteiger partial charge in [0.05, 0.1) is 0 Å². The zero-order valence-electron chi connectivity index (χ0n) is 10.2. The Morgan fingerprint density at radius 1 is 1.07 bits per heavy atom. The Morgan fingerprint density at radius 3 is 1.87 bits per heavy atom. The molecule has 0 aromatic carbocycles. The summed E-state index contributed by atoms with van der Waals surface area (Å²) in [6, 6.07) is 0.644. The quantitative estimate of drug-likeness (QED) is 0.514. The van der Waals surface area contributed by atoms with Crippen LogP contribution in [0.1, 0.15) is 40.5 Å². The molecule has 2 nitrogen and oxygen atoms in total. The molecular formula is C11H24N2S2. The molecule has 15 heavy (non-hydrogen) atoms. The maximum Gasteiger partial charge on any atom is 0.105 e. The van der Waals surface area contributed by atoms with Crippen LogP contribution in [0.4, 0.5) is 0 Å². The molecule has 0 amide bonds. The molecule has 1 saturated heterocycles. The van der Waals surface area contributed by atoms with Gasteiger partial charge >= 0.3 is 0 Å². The zero-order chi connectivity index (χ0) is 11.7. The number of hydrogen-bond donors (Lipinski definition) is 3. The molecule has 0 aromatic rings. The van der Waals surface area contributed by atoms with Crippen molar-refractivity contribution >= 4 is 25.3 Å². The summed E-state index contributed by atoms with van der Waals surface area (Å²) in [6.07, 6.45) is 2.38. The van der Waals surface area contributed by atoms with Crippen LogP contribution in [0.3, 0.4) is 0 Å². The summed E-state index contributed by atoms with van der Waals surface area (Å²) in [6.45, 7) is 10.9. The van der Waals surface area contributed by atoms with Crippen molar-refractivity contribution < 1.29 is 0 Å². The molecule has 0 saturated carbocycles. The molecule has 0 spiro atoms. The zero-order valence-corrected chi connectivity index (χ0v) is 12.0.